The molecule has 2 nitrogen and oxygen atoms in total. The Morgan fingerprint density at radius 3 is 2.42 bits per heavy atom. The summed E-state index contributed by atoms with van der Waals surface area (Å²) in [4.78, 5) is 6.97. The summed E-state index contributed by atoms with van der Waals surface area (Å²) in [5, 5.41) is 0. The van der Waals surface area contributed by atoms with Crippen molar-refractivity contribution in [3.05, 3.63) is 53.3 Å². The molecule has 96 valence electrons. The second-order valence-electron chi connectivity index (χ2n) is 4.33. The molecule has 19 heavy (non-hydrogen) atoms. The molecule has 0 aliphatic carbocycles. The number of benzene rings is 2. The van der Waals surface area contributed by atoms with Crippen LogP contribution in [0.4, 0.5) is 13.2 Å². The van der Waals surface area contributed by atoms with Gasteiger partial charge in [-0.25, -0.2) is 18.2 Å². The minimum absolute atomic E-state index is 0.301. The van der Waals surface area contributed by atoms with Crippen LogP contribution in [0.2, 0.25) is 0 Å². The first-order chi connectivity index (χ1) is 9.04. The SMILES string of the molecule is Cc1ccc(-c2nc3cc(F)c(F)cc3[nH]2)cc1F. The van der Waals surface area contributed by atoms with Crippen LogP contribution in [0.15, 0.2) is 30.3 Å². The average molecular weight is 262 g/mol. The number of nitrogens with zero attached hydrogens (tertiary/aromatic N) is 1. The van der Waals surface area contributed by atoms with Crippen LogP contribution in [-0.2, 0) is 0 Å². The summed E-state index contributed by atoms with van der Waals surface area (Å²) in [5.41, 5.74) is 1.72. The third-order valence-electron chi connectivity index (χ3n) is 2.97. The van der Waals surface area contributed by atoms with Gasteiger partial charge in [0.15, 0.2) is 11.6 Å². The largest absolute Gasteiger partial charge is 0.338 e. The second-order valence-corrected chi connectivity index (χ2v) is 4.33. The van der Waals surface area contributed by atoms with Crippen LogP contribution in [0, 0.1) is 24.4 Å². The van der Waals surface area contributed by atoms with E-state index in [-0.39, 0.29) is 5.82 Å². The number of aryl methyl sites for hydroxylation is 1. The normalized spacial score (nSPS) is 11.2. The molecule has 3 rings (SSSR count). The van der Waals surface area contributed by atoms with Gasteiger partial charge in [0, 0.05) is 17.7 Å². The molecule has 2 aromatic carbocycles. The van der Waals surface area contributed by atoms with Crippen molar-refractivity contribution >= 4 is 11.0 Å². The van der Waals surface area contributed by atoms with Gasteiger partial charge in [-0.1, -0.05) is 12.1 Å². The lowest BCUT2D eigenvalue weighted by Crippen LogP contribution is -1.85. The summed E-state index contributed by atoms with van der Waals surface area (Å²) in [7, 11) is 0. The van der Waals surface area contributed by atoms with Gasteiger partial charge in [0.25, 0.3) is 0 Å². The molecule has 0 amide bonds. The van der Waals surface area contributed by atoms with Gasteiger partial charge in [-0.3, -0.25) is 0 Å². The number of fused-ring (bicyclic) bond motifs is 1. The number of imidazole rings is 1. The van der Waals surface area contributed by atoms with Crippen LogP contribution < -0.4 is 0 Å². The zero-order chi connectivity index (χ0) is 13.6. The zero-order valence-corrected chi connectivity index (χ0v) is 9.97. The fourth-order valence-corrected chi connectivity index (χ4v) is 1.88. The van der Waals surface area contributed by atoms with Crippen molar-refractivity contribution in [1.82, 2.24) is 9.97 Å². The first-order valence-electron chi connectivity index (χ1n) is 5.66. The summed E-state index contributed by atoms with van der Waals surface area (Å²) in [6.45, 7) is 1.66. The highest BCUT2D eigenvalue weighted by molar-refractivity contribution is 5.79. The number of hydrogen-bond acceptors (Lipinski definition) is 1. The maximum absolute atomic E-state index is 13.5. The van der Waals surface area contributed by atoms with E-state index in [1.54, 1.807) is 19.1 Å². The Labute approximate surface area is 106 Å². The summed E-state index contributed by atoms with van der Waals surface area (Å²) in [5.74, 6) is -1.88. The molecular weight excluding hydrogens is 253 g/mol. The van der Waals surface area contributed by atoms with Crippen molar-refractivity contribution < 1.29 is 13.2 Å². The highest BCUT2D eigenvalue weighted by atomic mass is 19.2. The van der Waals surface area contributed by atoms with Gasteiger partial charge in [0.05, 0.1) is 11.0 Å². The Morgan fingerprint density at radius 1 is 0.947 bits per heavy atom. The molecule has 0 unspecified atom stereocenters. The van der Waals surface area contributed by atoms with Crippen LogP contribution in [0.25, 0.3) is 22.4 Å². The number of aromatic amines is 1. The van der Waals surface area contributed by atoms with Crippen molar-refractivity contribution in [3.8, 4) is 11.4 Å². The lowest BCUT2D eigenvalue weighted by Gasteiger charge is -1.99. The van der Waals surface area contributed by atoms with E-state index in [9.17, 15) is 13.2 Å². The third kappa shape index (κ3) is 1.97. The molecule has 0 radical (unpaired) electrons. The van der Waals surface area contributed by atoms with E-state index in [0.29, 0.717) is 28.0 Å². The molecule has 0 bridgehead atoms. The first-order valence-corrected chi connectivity index (χ1v) is 5.66. The van der Waals surface area contributed by atoms with E-state index >= 15 is 0 Å². The predicted molar refractivity (Wildman–Crippen MR) is 66.1 cm³/mol. The van der Waals surface area contributed by atoms with Crippen molar-refractivity contribution in [3.63, 3.8) is 0 Å². The second kappa shape index (κ2) is 4.12. The van der Waals surface area contributed by atoms with Crippen LogP contribution in [0.3, 0.4) is 0 Å². The first kappa shape index (κ1) is 11.8. The van der Waals surface area contributed by atoms with Crippen LogP contribution >= 0.6 is 0 Å². The van der Waals surface area contributed by atoms with Crippen LogP contribution in [0.1, 0.15) is 5.56 Å². The Bertz CT molecular complexity index is 739. The lowest BCUT2D eigenvalue weighted by atomic mass is 10.1. The van der Waals surface area contributed by atoms with Gasteiger partial charge >= 0.3 is 0 Å². The maximum atomic E-state index is 13.5. The van der Waals surface area contributed by atoms with E-state index in [1.165, 1.54) is 6.07 Å². The minimum Gasteiger partial charge on any atom is -0.338 e. The summed E-state index contributed by atoms with van der Waals surface area (Å²) < 4.78 is 39.7. The Kier molecular flexibility index (Phi) is 2.55. The molecule has 1 heterocycles. The monoisotopic (exact) mass is 262 g/mol. The standard InChI is InChI=1S/C14H9F3N2/c1-7-2-3-8(4-9(7)15)14-18-12-5-10(16)11(17)6-13(12)19-14/h2-6H,1H3,(H,18,19). The van der Waals surface area contributed by atoms with Crippen LogP contribution in [0.5, 0.6) is 0 Å². The molecule has 0 atom stereocenters. The van der Waals surface area contributed by atoms with Gasteiger partial charge < -0.3 is 4.98 Å². The lowest BCUT2D eigenvalue weighted by molar-refractivity contribution is 0.510. The number of H-pyrrole nitrogens is 1. The summed E-state index contributed by atoms with van der Waals surface area (Å²) in [6.07, 6.45) is 0. The molecule has 5 heteroatoms. The molecule has 3 aromatic rings. The third-order valence-corrected chi connectivity index (χ3v) is 2.97. The minimum atomic E-state index is -0.958. The number of hydrogen-bond donors (Lipinski definition) is 1. The molecule has 0 saturated heterocycles. The number of halogens is 3. The molecule has 1 N–H and O–H groups in total. The molecule has 0 saturated carbocycles. The molecular formula is C14H9F3N2. The molecule has 0 aliphatic heterocycles. The zero-order valence-electron chi connectivity index (χ0n) is 9.97. The van der Waals surface area contributed by atoms with E-state index in [4.69, 9.17) is 0 Å². The van der Waals surface area contributed by atoms with Crippen LogP contribution in [-0.4, -0.2) is 9.97 Å². The highest BCUT2D eigenvalue weighted by Crippen LogP contribution is 2.23. The molecule has 0 aliphatic rings. The number of rotatable bonds is 1. The van der Waals surface area contributed by atoms with Crippen molar-refractivity contribution in [2.75, 3.05) is 0 Å². The van der Waals surface area contributed by atoms with Crippen molar-refractivity contribution in [2.45, 2.75) is 6.92 Å². The summed E-state index contributed by atoms with van der Waals surface area (Å²) in [6, 6.07) is 6.70. The quantitative estimate of drug-likeness (QED) is 0.706. The van der Waals surface area contributed by atoms with E-state index < -0.39 is 11.6 Å². The van der Waals surface area contributed by atoms with E-state index in [1.807, 2.05) is 0 Å². The van der Waals surface area contributed by atoms with Gasteiger partial charge in [0.1, 0.15) is 11.6 Å². The van der Waals surface area contributed by atoms with Crippen molar-refractivity contribution in [1.29, 1.82) is 0 Å². The van der Waals surface area contributed by atoms with Gasteiger partial charge in [0.2, 0.25) is 0 Å². The predicted octanol–water partition coefficient (Wildman–Crippen LogP) is 3.96. The maximum Gasteiger partial charge on any atom is 0.161 e. The topological polar surface area (TPSA) is 28.7 Å². The van der Waals surface area contributed by atoms with Gasteiger partial charge in [-0.05, 0) is 18.6 Å². The van der Waals surface area contributed by atoms with E-state index in [0.717, 1.165) is 12.1 Å². The molecule has 0 fully saturated rings. The fraction of sp³-hybridized carbons (Fsp3) is 0.0714. The number of aromatic nitrogens is 2. The fourth-order valence-electron chi connectivity index (χ4n) is 1.88. The number of nitrogens with one attached hydrogen (secondary N) is 1. The Balaban J connectivity index is 2.17. The molecule has 0 spiro atoms. The molecule has 1 aromatic heterocycles. The van der Waals surface area contributed by atoms with Gasteiger partial charge in [-0.2, -0.15) is 0 Å². The Hall–Kier alpha value is -2.30. The van der Waals surface area contributed by atoms with Crippen molar-refractivity contribution in [2.24, 2.45) is 0 Å². The van der Waals surface area contributed by atoms with E-state index in [2.05, 4.69) is 9.97 Å². The Morgan fingerprint density at radius 2 is 1.68 bits per heavy atom. The highest BCUT2D eigenvalue weighted by Gasteiger charge is 2.10. The summed E-state index contributed by atoms with van der Waals surface area (Å²) >= 11 is 0. The smallest absolute Gasteiger partial charge is 0.161 e. The van der Waals surface area contributed by atoms with Gasteiger partial charge in [-0.15, -0.1) is 0 Å². The average Bonchev–Trinajstić information content (AvgIpc) is 2.76.